The summed E-state index contributed by atoms with van der Waals surface area (Å²) in [6, 6.07) is 4.45. The highest BCUT2D eigenvalue weighted by atomic mass is 35.5. The molecule has 0 aliphatic carbocycles. The molecule has 0 saturated carbocycles. The fourth-order valence-electron chi connectivity index (χ4n) is 1.82. The lowest BCUT2D eigenvalue weighted by Gasteiger charge is -2.26. The minimum atomic E-state index is -0.512. The molecule has 1 aromatic rings. The van der Waals surface area contributed by atoms with Gasteiger partial charge in [-0.15, -0.1) is 0 Å². The second-order valence-electron chi connectivity index (χ2n) is 5.97. The van der Waals surface area contributed by atoms with E-state index in [9.17, 15) is 9.18 Å². The fraction of sp³-hybridized carbons (Fsp3) is 0.562. The zero-order chi connectivity index (χ0) is 16.8. The van der Waals surface area contributed by atoms with Gasteiger partial charge in [0, 0.05) is 36.8 Å². The molecule has 0 aliphatic heterocycles. The van der Waals surface area contributed by atoms with Crippen LogP contribution in [0.15, 0.2) is 18.2 Å². The summed E-state index contributed by atoms with van der Waals surface area (Å²) in [7, 11) is 0. The second kappa shape index (κ2) is 8.34. The highest BCUT2D eigenvalue weighted by Gasteiger charge is 2.20. The summed E-state index contributed by atoms with van der Waals surface area (Å²) in [5, 5.41) is 3.61. The van der Waals surface area contributed by atoms with Gasteiger partial charge in [-0.3, -0.25) is 0 Å². The van der Waals surface area contributed by atoms with E-state index in [0.717, 1.165) is 0 Å². The van der Waals surface area contributed by atoms with Crippen molar-refractivity contribution in [3.63, 3.8) is 0 Å². The first-order valence-electron chi connectivity index (χ1n) is 7.35. The van der Waals surface area contributed by atoms with Gasteiger partial charge in [0.2, 0.25) is 0 Å². The molecule has 0 bridgehead atoms. The Hall–Kier alpha value is -1.33. The fourth-order valence-corrected chi connectivity index (χ4v) is 2.02. The lowest BCUT2D eigenvalue weighted by Crippen LogP contribution is -2.40. The van der Waals surface area contributed by atoms with Crippen molar-refractivity contribution in [1.82, 2.24) is 10.2 Å². The van der Waals surface area contributed by atoms with E-state index in [1.54, 1.807) is 11.0 Å². The van der Waals surface area contributed by atoms with Crippen LogP contribution in [0, 0.1) is 5.82 Å². The van der Waals surface area contributed by atoms with Crippen LogP contribution in [0.1, 0.15) is 33.3 Å². The molecule has 0 aliphatic rings. The van der Waals surface area contributed by atoms with Crippen LogP contribution < -0.4 is 5.32 Å². The number of nitrogens with one attached hydrogen (secondary N) is 1. The largest absolute Gasteiger partial charge is 0.444 e. The number of carbonyl (C=O) groups is 1. The van der Waals surface area contributed by atoms with Crippen LogP contribution in [0.2, 0.25) is 5.02 Å². The topological polar surface area (TPSA) is 41.6 Å². The van der Waals surface area contributed by atoms with E-state index in [0.29, 0.717) is 36.8 Å². The van der Waals surface area contributed by atoms with Crippen LogP contribution >= 0.6 is 11.6 Å². The molecule has 0 aromatic heterocycles. The van der Waals surface area contributed by atoms with Crippen molar-refractivity contribution >= 4 is 17.7 Å². The van der Waals surface area contributed by atoms with Crippen LogP contribution in [-0.2, 0) is 11.3 Å². The molecule has 0 spiro atoms. The number of amides is 1. The van der Waals surface area contributed by atoms with Gasteiger partial charge in [-0.2, -0.15) is 0 Å². The monoisotopic (exact) mass is 330 g/mol. The maximum atomic E-state index is 13.6. The minimum Gasteiger partial charge on any atom is -0.444 e. The number of rotatable bonds is 6. The molecule has 0 saturated heterocycles. The molecule has 22 heavy (non-hydrogen) atoms. The molecule has 6 heteroatoms. The van der Waals surface area contributed by atoms with E-state index in [1.165, 1.54) is 12.1 Å². The molecule has 0 radical (unpaired) electrons. The molecular formula is C16H24ClFN2O2. The number of hydrogen-bond acceptors (Lipinski definition) is 3. The Morgan fingerprint density at radius 1 is 1.41 bits per heavy atom. The Kier molecular flexibility index (Phi) is 7.10. The van der Waals surface area contributed by atoms with Gasteiger partial charge >= 0.3 is 6.09 Å². The van der Waals surface area contributed by atoms with Crippen molar-refractivity contribution in [3.05, 3.63) is 34.6 Å². The third-order valence-corrected chi connectivity index (χ3v) is 3.15. The molecule has 1 N–H and O–H groups in total. The van der Waals surface area contributed by atoms with Gasteiger partial charge in [0.1, 0.15) is 11.4 Å². The van der Waals surface area contributed by atoms with Crippen molar-refractivity contribution in [3.8, 4) is 0 Å². The van der Waals surface area contributed by atoms with Crippen molar-refractivity contribution in [1.29, 1.82) is 0 Å². The van der Waals surface area contributed by atoms with Crippen molar-refractivity contribution in [2.75, 3.05) is 19.6 Å². The van der Waals surface area contributed by atoms with Gasteiger partial charge in [0.15, 0.2) is 0 Å². The summed E-state index contributed by atoms with van der Waals surface area (Å²) in [6.45, 7) is 9.34. The number of carbonyl (C=O) groups excluding carboxylic acids is 1. The molecular weight excluding hydrogens is 307 g/mol. The zero-order valence-corrected chi connectivity index (χ0v) is 14.3. The number of benzene rings is 1. The Bertz CT molecular complexity index is 503. The molecule has 1 aromatic carbocycles. The Morgan fingerprint density at radius 2 is 2.09 bits per heavy atom. The molecule has 124 valence electrons. The van der Waals surface area contributed by atoms with E-state index >= 15 is 0 Å². The minimum absolute atomic E-state index is 0.295. The third-order valence-electron chi connectivity index (χ3n) is 2.92. The average molecular weight is 331 g/mol. The van der Waals surface area contributed by atoms with E-state index < -0.39 is 5.60 Å². The highest BCUT2D eigenvalue weighted by Crippen LogP contribution is 2.14. The predicted molar refractivity (Wildman–Crippen MR) is 86.6 cm³/mol. The molecule has 1 rings (SSSR count). The van der Waals surface area contributed by atoms with Gasteiger partial charge in [-0.25, -0.2) is 9.18 Å². The van der Waals surface area contributed by atoms with Gasteiger partial charge in [-0.1, -0.05) is 11.6 Å². The molecule has 0 atom stereocenters. The average Bonchev–Trinajstić information content (AvgIpc) is 2.40. The lowest BCUT2D eigenvalue weighted by atomic mass is 10.2. The van der Waals surface area contributed by atoms with Crippen LogP contribution in [0.25, 0.3) is 0 Å². The normalized spacial score (nSPS) is 11.4. The van der Waals surface area contributed by atoms with Gasteiger partial charge in [-0.05, 0) is 45.9 Å². The summed E-state index contributed by atoms with van der Waals surface area (Å²) in [6.07, 6.45) is -0.342. The summed E-state index contributed by atoms with van der Waals surface area (Å²) in [4.78, 5) is 13.6. The smallest absolute Gasteiger partial charge is 0.410 e. The van der Waals surface area contributed by atoms with Crippen molar-refractivity contribution < 1.29 is 13.9 Å². The molecule has 0 unspecified atom stereocenters. The SMILES string of the molecule is CCN(CCNCc1cc(Cl)ccc1F)C(=O)OC(C)(C)C. The van der Waals surface area contributed by atoms with E-state index in [-0.39, 0.29) is 11.9 Å². The van der Waals surface area contributed by atoms with E-state index in [1.807, 2.05) is 27.7 Å². The number of halogens is 2. The second-order valence-corrected chi connectivity index (χ2v) is 6.41. The number of nitrogens with zero attached hydrogens (tertiary/aromatic N) is 1. The first kappa shape index (κ1) is 18.7. The van der Waals surface area contributed by atoms with Crippen LogP contribution in [0.5, 0.6) is 0 Å². The first-order valence-corrected chi connectivity index (χ1v) is 7.73. The van der Waals surface area contributed by atoms with Gasteiger partial charge in [0.25, 0.3) is 0 Å². The maximum absolute atomic E-state index is 13.6. The number of likely N-dealkylation sites (N-methyl/N-ethyl adjacent to an activating group) is 1. The molecule has 1 amide bonds. The number of hydrogen-bond donors (Lipinski definition) is 1. The predicted octanol–water partition coefficient (Wildman–Crippen LogP) is 3.83. The van der Waals surface area contributed by atoms with Crippen LogP contribution in [0.3, 0.4) is 0 Å². The third kappa shape index (κ3) is 6.62. The van der Waals surface area contributed by atoms with E-state index in [2.05, 4.69) is 5.32 Å². The summed E-state index contributed by atoms with van der Waals surface area (Å²) in [5.74, 6) is -0.295. The standard InChI is InChI=1S/C16H24ClFN2O2/c1-5-20(15(21)22-16(2,3)4)9-8-19-11-12-10-13(17)6-7-14(12)18/h6-7,10,19H,5,8-9,11H2,1-4H3. The van der Waals surface area contributed by atoms with E-state index in [4.69, 9.17) is 16.3 Å². The van der Waals surface area contributed by atoms with Crippen molar-refractivity contribution in [2.45, 2.75) is 39.8 Å². The van der Waals surface area contributed by atoms with Gasteiger partial charge < -0.3 is 15.0 Å². The number of ether oxygens (including phenoxy) is 1. The van der Waals surface area contributed by atoms with Crippen LogP contribution in [0.4, 0.5) is 9.18 Å². The highest BCUT2D eigenvalue weighted by molar-refractivity contribution is 6.30. The summed E-state index contributed by atoms with van der Waals surface area (Å²) in [5.41, 5.74) is -0.00482. The lowest BCUT2D eigenvalue weighted by molar-refractivity contribution is 0.0262. The maximum Gasteiger partial charge on any atom is 0.410 e. The van der Waals surface area contributed by atoms with Crippen molar-refractivity contribution in [2.24, 2.45) is 0 Å². The Labute approximate surface area is 136 Å². The summed E-state index contributed by atoms with van der Waals surface area (Å²) < 4.78 is 18.9. The van der Waals surface area contributed by atoms with Crippen LogP contribution in [-0.4, -0.2) is 36.2 Å². The molecule has 4 nitrogen and oxygen atoms in total. The zero-order valence-electron chi connectivity index (χ0n) is 13.6. The summed E-state index contributed by atoms with van der Waals surface area (Å²) >= 11 is 5.84. The van der Waals surface area contributed by atoms with Gasteiger partial charge in [0.05, 0.1) is 0 Å². The molecule has 0 heterocycles. The molecule has 0 fully saturated rings. The quantitative estimate of drug-likeness (QED) is 0.806. The Morgan fingerprint density at radius 3 is 2.68 bits per heavy atom. The Balaban J connectivity index is 2.41. The first-order chi connectivity index (χ1) is 10.2.